The summed E-state index contributed by atoms with van der Waals surface area (Å²) in [7, 11) is 0. The van der Waals surface area contributed by atoms with E-state index >= 15 is 0 Å². The van der Waals surface area contributed by atoms with Crippen LogP contribution in [0.5, 0.6) is 5.75 Å². The Balaban J connectivity index is 2.12. The van der Waals surface area contributed by atoms with Crippen molar-refractivity contribution < 1.29 is 5.11 Å². The summed E-state index contributed by atoms with van der Waals surface area (Å²) in [5.41, 5.74) is 9.04. The maximum Gasteiger partial charge on any atom is 0.129 e. The van der Waals surface area contributed by atoms with E-state index in [0.29, 0.717) is 5.75 Å². The van der Waals surface area contributed by atoms with Crippen molar-refractivity contribution in [2.24, 2.45) is 11.7 Å². The normalized spacial score (nSPS) is 29.7. The highest BCUT2D eigenvalue weighted by molar-refractivity contribution is 14.1. The zero-order valence-electron chi connectivity index (χ0n) is 11.3. The molecule has 0 aliphatic heterocycles. The number of fused-ring (bicyclic) bond motifs is 3. The third-order valence-corrected chi connectivity index (χ3v) is 6.13. The lowest BCUT2D eigenvalue weighted by Gasteiger charge is -2.49. The first-order valence-corrected chi connectivity index (χ1v) is 8.47. The molecule has 1 saturated carbocycles. The van der Waals surface area contributed by atoms with E-state index in [4.69, 9.17) is 5.73 Å². The maximum absolute atomic E-state index is 10.1. The monoisotopic (exact) mass is 371 g/mol. The van der Waals surface area contributed by atoms with Gasteiger partial charge in [-0.15, -0.1) is 0 Å². The van der Waals surface area contributed by atoms with Crippen LogP contribution >= 0.6 is 22.6 Å². The number of phenols is 1. The largest absolute Gasteiger partial charge is 0.507 e. The molecule has 1 fully saturated rings. The summed E-state index contributed by atoms with van der Waals surface area (Å²) in [5, 5.41) is 10.1. The molecule has 3 rings (SSSR count). The van der Waals surface area contributed by atoms with Gasteiger partial charge in [-0.3, -0.25) is 0 Å². The minimum Gasteiger partial charge on any atom is -0.507 e. The Morgan fingerprint density at radius 1 is 1.32 bits per heavy atom. The van der Waals surface area contributed by atoms with Crippen LogP contribution in [0.15, 0.2) is 12.1 Å². The Hall–Kier alpha value is -0.290. The van der Waals surface area contributed by atoms with Crippen LogP contribution in [0.3, 0.4) is 0 Å². The number of halogens is 1. The van der Waals surface area contributed by atoms with E-state index in [0.717, 1.165) is 22.5 Å². The second kappa shape index (κ2) is 5.24. The van der Waals surface area contributed by atoms with Crippen molar-refractivity contribution in [3.05, 3.63) is 26.8 Å². The van der Waals surface area contributed by atoms with Gasteiger partial charge in [0, 0.05) is 0 Å². The SMILES string of the molecule is NCC[C@@]12CCCC[C@@H]1CCc1cc(I)c(O)cc12. The molecule has 0 unspecified atom stereocenters. The minimum atomic E-state index is 0.252. The third-order valence-electron chi connectivity index (χ3n) is 5.27. The van der Waals surface area contributed by atoms with Crippen LogP contribution in [0, 0.1) is 9.49 Å². The molecule has 1 aromatic carbocycles. The number of hydrogen-bond donors (Lipinski definition) is 2. The number of aromatic hydroxyl groups is 1. The maximum atomic E-state index is 10.1. The van der Waals surface area contributed by atoms with Crippen LogP contribution < -0.4 is 5.73 Å². The molecule has 2 nitrogen and oxygen atoms in total. The fourth-order valence-corrected chi connectivity index (χ4v) is 4.94. The van der Waals surface area contributed by atoms with Crippen molar-refractivity contribution in [1.82, 2.24) is 0 Å². The molecule has 3 N–H and O–H groups in total. The summed E-state index contributed by atoms with van der Waals surface area (Å²) in [6.07, 6.45) is 8.81. The predicted octanol–water partition coefficient (Wildman–Crippen LogP) is 3.72. The van der Waals surface area contributed by atoms with Gasteiger partial charge < -0.3 is 10.8 Å². The number of nitrogens with two attached hydrogens (primary N) is 1. The van der Waals surface area contributed by atoms with Crippen LogP contribution in [-0.2, 0) is 11.8 Å². The third kappa shape index (κ3) is 2.19. The number of phenolic OH excluding ortho intramolecular Hbond substituents is 1. The van der Waals surface area contributed by atoms with Crippen LogP contribution in [0.2, 0.25) is 0 Å². The summed E-state index contributed by atoms with van der Waals surface area (Å²) in [5.74, 6) is 1.22. The highest BCUT2D eigenvalue weighted by atomic mass is 127. The summed E-state index contributed by atoms with van der Waals surface area (Å²) in [4.78, 5) is 0. The van der Waals surface area contributed by atoms with Gasteiger partial charge in [0.15, 0.2) is 0 Å². The molecule has 0 amide bonds. The van der Waals surface area contributed by atoms with Gasteiger partial charge in [0.25, 0.3) is 0 Å². The van der Waals surface area contributed by atoms with Crippen molar-refractivity contribution in [3.63, 3.8) is 0 Å². The van der Waals surface area contributed by atoms with Crippen molar-refractivity contribution in [2.45, 2.75) is 50.4 Å². The van der Waals surface area contributed by atoms with E-state index in [1.807, 2.05) is 6.07 Å². The van der Waals surface area contributed by atoms with E-state index in [-0.39, 0.29) is 5.41 Å². The van der Waals surface area contributed by atoms with E-state index in [2.05, 4.69) is 28.7 Å². The lowest BCUT2D eigenvalue weighted by atomic mass is 9.56. The average molecular weight is 371 g/mol. The number of aryl methyl sites for hydroxylation is 1. The van der Waals surface area contributed by atoms with Gasteiger partial charge in [0.2, 0.25) is 0 Å². The van der Waals surface area contributed by atoms with Gasteiger partial charge in [-0.1, -0.05) is 12.8 Å². The summed E-state index contributed by atoms with van der Waals surface area (Å²) < 4.78 is 0.980. The Morgan fingerprint density at radius 3 is 2.95 bits per heavy atom. The first-order chi connectivity index (χ1) is 9.17. The molecule has 0 aromatic heterocycles. The Kier molecular flexibility index (Phi) is 3.78. The number of rotatable bonds is 2. The smallest absolute Gasteiger partial charge is 0.129 e. The minimum absolute atomic E-state index is 0.252. The molecule has 104 valence electrons. The Labute approximate surface area is 128 Å². The molecular weight excluding hydrogens is 349 g/mol. The summed E-state index contributed by atoms with van der Waals surface area (Å²) in [6, 6.07) is 4.23. The topological polar surface area (TPSA) is 46.2 Å². The molecule has 0 bridgehead atoms. The standard InChI is InChI=1S/C16H22INO/c17-14-9-11-4-5-12-3-1-2-6-16(12,7-8-18)13(11)10-15(14)19/h9-10,12,19H,1-8,18H2/t12-,16+/m1/s1. The zero-order chi connectivity index (χ0) is 13.5. The Bertz CT molecular complexity index is 484. The molecule has 0 heterocycles. The highest BCUT2D eigenvalue weighted by Gasteiger charge is 2.44. The second-order valence-electron chi connectivity index (χ2n) is 6.14. The highest BCUT2D eigenvalue weighted by Crippen LogP contribution is 2.52. The average Bonchev–Trinajstić information content (AvgIpc) is 2.41. The van der Waals surface area contributed by atoms with E-state index in [9.17, 15) is 5.11 Å². The lowest BCUT2D eigenvalue weighted by Crippen LogP contribution is -2.43. The van der Waals surface area contributed by atoms with Crippen molar-refractivity contribution in [1.29, 1.82) is 0 Å². The molecule has 1 aromatic rings. The molecule has 0 saturated heterocycles. The first-order valence-electron chi connectivity index (χ1n) is 7.39. The van der Waals surface area contributed by atoms with Crippen molar-refractivity contribution in [3.8, 4) is 5.75 Å². The molecule has 2 aliphatic carbocycles. The van der Waals surface area contributed by atoms with Gasteiger partial charge in [-0.25, -0.2) is 0 Å². The van der Waals surface area contributed by atoms with E-state index < -0.39 is 0 Å². The number of benzene rings is 1. The number of hydrogen-bond acceptors (Lipinski definition) is 2. The molecule has 0 radical (unpaired) electrons. The van der Waals surface area contributed by atoms with Gasteiger partial charge in [0.1, 0.15) is 5.75 Å². The lowest BCUT2D eigenvalue weighted by molar-refractivity contribution is 0.150. The van der Waals surface area contributed by atoms with Crippen molar-refractivity contribution >= 4 is 22.6 Å². The molecule has 0 spiro atoms. The fourth-order valence-electron chi connectivity index (χ4n) is 4.41. The predicted molar refractivity (Wildman–Crippen MR) is 86.5 cm³/mol. The fraction of sp³-hybridized carbons (Fsp3) is 0.625. The quantitative estimate of drug-likeness (QED) is 0.779. The van der Waals surface area contributed by atoms with E-state index in [1.54, 1.807) is 0 Å². The van der Waals surface area contributed by atoms with Crippen molar-refractivity contribution in [2.75, 3.05) is 6.54 Å². The molecule has 2 atom stereocenters. The summed E-state index contributed by atoms with van der Waals surface area (Å²) >= 11 is 2.23. The zero-order valence-corrected chi connectivity index (χ0v) is 13.4. The van der Waals surface area contributed by atoms with Crippen LogP contribution in [0.4, 0.5) is 0 Å². The van der Waals surface area contributed by atoms with Gasteiger partial charge in [0.05, 0.1) is 3.57 Å². The molecule has 19 heavy (non-hydrogen) atoms. The van der Waals surface area contributed by atoms with Crippen LogP contribution in [0.25, 0.3) is 0 Å². The Morgan fingerprint density at radius 2 is 2.16 bits per heavy atom. The van der Waals surface area contributed by atoms with Gasteiger partial charge in [-0.2, -0.15) is 0 Å². The van der Waals surface area contributed by atoms with Gasteiger partial charge >= 0.3 is 0 Å². The second-order valence-corrected chi connectivity index (χ2v) is 7.30. The van der Waals surface area contributed by atoms with E-state index in [1.165, 1.54) is 49.7 Å². The van der Waals surface area contributed by atoms with Crippen LogP contribution in [0.1, 0.15) is 49.7 Å². The van der Waals surface area contributed by atoms with Gasteiger partial charge in [-0.05, 0) is 95.8 Å². The molecular formula is C16H22INO. The van der Waals surface area contributed by atoms with Crippen LogP contribution in [-0.4, -0.2) is 11.7 Å². The molecule has 2 aliphatic rings. The molecule has 3 heteroatoms. The first kappa shape index (κ1) is 13.7. The summed E-state index contributed by atoms with van der Waals surface area (Å²) in [6.45, 7) is 0.753.